The number of amides is 1. The SMILES string of the molecule is O=C1NC[C@@H](NC2CCCCC2)n2nc(-c3ccc(F)cc3)cc21. The van der Waals surface area contributed by atoms with E-state index in [9.17, 15) is 9.18 Å². The van der Waals surface area contributed by atoms with Crippen LogP contribution in [0.2, 0.25) is 0 Å². The first kappa shape index (κ1) is 15.3. The Balaban J connectivity index is 1.61. The number of benzene rings is 1. The van der Waals surface area contributed by atoms with Crippen molar-refractivity contribution in [2.75, 3.05) is 6.54 Å². The zero-order valence-electron chi connectivity index (χ0n) is 13.5. The summed E-state index contributed by atoms with van der Waals surface area (Å²) in [6, 6.07) is 8.44. The van der Waals surface area contributed by atoms with Crippen molar-refractivity contribution in [3.05, 3.63) is 41.8 Å². The number of aromatic nitrogens is 2. The summed E-state index contributed by atoms with van der Waals surface area (Å²) in [5.41, 5.74) is 2.05. The zero-order valence-corrected chi connectivity index (χ0v) is 13.5. The Morgan fingerprint density at radius 2 is 1.92 bits per heavy atom. The van der Waals surface area contributed by atoms with E-state index in [4.69, 9.17) is 0 Å². The van der Waals surface area contributed by atoms with E-state index in [2.05, 4.69) is 15.7 Å². The van der Waals surface area contributed by atoms with Crippen LogP contribution in [-0.4, -0.2) is 28.3 Å². The summed E-state index contributed by atoms with van der Waals surface area (Å²) in [5.74, 6) is -0.394. The van der Waals surface area contributed by atoms with Crippen molar-refractivity contribution in [2.24, 2.45) is 0 Å². The smallest absolute Gasteiger partial charge is 0.269 e. The van der Waals surface area contributed by atoms with Gasteiger partial charge in [0, 0.05) is 11.6 Å². The lowest BCUT2D eigenvalue weighted by Gasteiger charge is -2.31. The molecule has 1 aromatic heterocycles. The van der Waals surface area contributed by atoms with Crippen LogP contribution in [0.5, 0.6) is 0 Å². The van der Waals surface area contributed by atoms with Crippen LogP contribution >= 0.6 is 0 Å². The first-order valence-electron chi connectivity index (χ1n) is 8.60. The second kappa shape index (κ2) is 6.36. The highest BCUT2D eigenvalue weighted by Gasteiger charge is 2.29. The topological polar surface area (TPSA) is 59.0 Å². The van der Waals surface area contributed by atoms with Gasteiger partial charge in [-0.2, -0.15) is 5.10 Å². The molecule has 1 atom stereocenters. The van der Waals surface area contributed by atoms with Gasteiger partial charge in [0.2, 0.25) is 0 Å². The number of fused-ring (bicyclic) bond motifs is 1. The highest BCUT2D eigenvalue weighted by Crippen LogP contribution is 2.25. The molecule has 4 rings (SSSR count). The fourth-order valence-electron chi connectivity index (χ4n) is 3.60. The van der Waals surface area contributed by atoms with Gasteiger partial charge < -0.3 is 5.32 Å². The molecule has 126 valence electrons. The molecule has 1 saturated carbocycles. The Labute approximate surface area is 140 Å². The second-order valence-electron chi connectivity index (χ2n) is 6.59. The van der Waals surface area contributed by atoms with Gasteiger partial charge in [0.1, 0.15) is 17.7 Å². The number of rotatable bonds is 3. The van der Waals surface area contributed by atoms with Gasteiger partial charge in [0.15, 0.2) is 0 Å². The second-order valence-corrected chi connectivity index (χ2v) is 6.59. The summed E-state index contributed by atoms with van der Waals surface area (Å²) < 4.78 is 14.9. The summed E-state index contributed by atoms with van der Waals surface area (Å²) in [4.78, 5) is 12.2. The average molecular weight is 328 g/mol. The van der Waals surface area contributed by atoms with Gasteiger partial charge in [-0.25, -0.2) is 9.07 Å². The van der Waals surface area contributed by atoms with Crippen LogP contribution in [0, 0.1) is 5.82 Å². The summed E-state index contributed by atoms with van der Waals surface area (Å²) in [7, 11) is 0. The third-order valence-corrected chi connectivity index (χ3v) is 4.89. The van der Waals surface area contributed by atoms with Crippen LogP contribution in [0.1, 0.15) is 48.8 Å². The van der Waals surface area contributed by atoms with E-state index in [1.54, 1.807) is 22.9 Å². The first-order chi connectivity index (χ1) is 11.7. The largest absolute Gasteiger partial charge is 0.347 e. The van der Waals surface area contributed by atoms with Gasteiger partial charge >= 0.3 is 0 Å². The van der Waals surface area contributed by atoms with Crippen molar-refractivity contribution in [1.82, 2.24) is 20.4 Å². The van der Waals surface area contributed by atoms with Crippen LogP contribution in [0.4, 0.5) is 4.39 Å². The minimum atomic E-state index is -0.280. The molecule has 1 amide bonds. The van der Waals surface area contributed by atoms with Crippen LogP contribution in [0.3, 0.4) is 0 Å². The van der Waals surface area contributed by atoms with Gasteiger partial charge in [0.05, 0.1) is 12.2 Å². The molecule has 5 nitrogen and oxygen atoms in total. The number of carbonyl (C=O) groups excluding carboxylic acids is 1. The van der Waals surface area contributed by atoms with Gasteiger partial charge in [-0.1, -0.05) is 19.3 Å². The van der Waals surface area contributed by atoms with Crippen LogP contribution < -0.4 is 10.6 Å². The summed E-state index contributed by atoms with van der Waals surface area (Å²) >= 11 is 0. The molecule has 0 radical (unpaired) electrons. The van der Waals surface area contributed by atoms with E-state index >= 15 is 0 Å². The molecule has 0 saturated heterocycles. The van der Waals surface area contributed by atoms with Crippen molar-refractivity contribution in [1.29, 1.82) is 0 Å². The summed E-state index contributed by atoms with van der Waals surface area (Å²) in [6.07, 6.45) is 6.13. The average Bonchev–Trinajstić information content (AvgIpc) is 3.05. The van der Waals surface area contributed by atoms with E-state index in [0.29, 0.717) is 24.0 Å². The Bertz CT molecular complexity index is 734. The van der Waals surface area contributed by atoms with Crippen LogP contribution in [0.15, 0.2) is 30.3 Å². The van der Waals surface area contributed by atoms with Crippen molar-refractivity contribution in [3.63, 3.8) is 0 Å². The Kier molecular flexibility index (Phi) is 4.06. The lowest BCUT2D eigenvalue weighted by Crippen LogP contribution is -2.48. The van der Waals surface area contributed by atoms with Crippen molar-refractivity contribution < 1.29 is 9.18 Å². The molecule has 2 aliphatic rings. The minimum absolute atomic E-state index is 0.0324. The van der Waals surface area contributed by atoms with E-state index < -0.39 is 0 Å². The molecule has 0 unspecified atom stereocenters. The fourth-order valence-corrected chi connectivity index (χ4v) is 3.60. The lowest BCUT2D eigenvalue weighted by atomic mass is 9.95. The molecule has 2 N–H and O–H groups in total. The van der Waals surface area contributed by atoms with Crippen molar-refractivity contribution in [2.45, 2.75) is 44.3 Å². The maximum absolute atomic E-state index is 13.1. The number of nitrogens with zero attached hydrogens (tertiary/aromatic N) is 2. The first-order valence-corrected chi connectivity index (χ1v) is 8.60. The van der Waals surface area contributed by atoms with E-state index in [-0.39, 0.29) is 17.9 Å². The predicted octanol–water partition coefficient (Wildman–Crippen LogP) is 2.85. The minimum Gasteiger partial charge on any atom is -0.347 e. The van der Waals surface area contributed by atoms with Crippen LogP contribution in [0.25, 0.3) is 11.3 Å². The lowest BCUT2D eigenvalue weighted by molar-refractivity contribution is 0.0893. The molecule has 0 bridgehead atoms. The molecule has 0 spiro atoms. The molecule has 2 aromatic rings. The highest BCUT2D eigenvalue weighted by molar-refractivity contribution is 5.94. The number of hydrogen-bond acceptors (Lipinski definition) is 3. The number of halogens is 1. The molecule has 1 fully saturated rings. The van der Waals surface area contributed by atoms with E-state index in [1.165, 1.54) is 44.2 Å². The molecular weight excluding hydrogens is 307 g/mol. The molecular formula is C18H21FN4O. The van der Waals surface area contributed by atoms with Crippen LogP contribution in [-0.2, 0) is 0 Å². The maximum atomic E-state index is 13.1. The predicted molar refractivity (Wildman–Crippen MR) is 89.0 cm³/mol. The van der Waals surface area contributed by atoms with Crippen molar-refractivity contribution in [3.8, 4) is 11.3 Å². The van der Waals surface area contributed by atoms with E-state index in [0.717, 1.165) is 5.56 Å². The Morgan fingerprint density at radius 1 is 1.17 bits per heavy atom. The zero-order chi connectivity index (χ0) is 16.5. The molecule has 1 aliphatic heterocycles. The number of nitrogens with one attached hydrogen (secondary N) is 2. The maximum Gasteiger partial charge on any atom is 0.269 e. The fraction of sp³-hybridized carbons (Fsp3) is 0.444. The quantitative estimate of drug-likeness (QED) is 0.911. The van der Waals surface area contributed by atoms with Gasteiger partial charge in [-0.3, -0.25) is 10.1 Å². The third-order valence-electron chi connectivity index (χ3n) is 4.89. The Hall–Kier alpha value is -2.21. The summed E-state index contributed by atoms with van der Waals surface area (Å²) in [6.45, 7) is 0.535. The van der Waals surface area contributed by atoms with Gasteiger partial charge in [-0.15, -0.1) is 0 Å². The molecule has 1 aliphatic carbocycles. The molecule has 1 aromatic carbocycles. The normalized spacial score (nSPS) is 21.4. The molecule has 24 heavy (non-hydrogen) atoms. The highest BCUT2D eigenvalue weighted by atomic mass is 19.1. The molecule has 2 heterocycles. The van der Waals surface area contributed by atoms with Crippen molar-refractivity contribution >= 4 is 5.91 Å². The van der Waals surface area contributed by atoms with Gasteiger partial charge in [-0.05, 0) is 43.2 Å². The third kappa shape index (κ3) is 2.94. The number of hydrogen-bond donors (Lipinski definition) is 2. The monoisotopic (exact) mass is 328 g/mol. The van der Waals surface area contributed by atoms with Gasteiger partial charge in [0.25, 0.3) is 5.91 Å². The van der Waals surface area contributed by atoms with E-state index in [1.807, 2.05) is 0 Å². The molecule has 6 heteroatoms. The summed E-state index contributed by atoms with van der Waals surface area (Å²) in [5, 5.41) is 11.2. The standard InChI is InChI=1S/C18H21FN4O/c19-13-8-6-12(7-9-13)15-10-16-18(24)20-11-17(23(16)22-15)21-14-4-2-1-3-5-14/h6-10,14,17,21H,1-5,11H2,(H,20,24)/t17-/m0/s1. The Morgan fingerprint density at radius 3 is 2.67 bits per heavy atom. The number of carbonyl (C=O) groups is 1.